The number of carbonyl (C=O) groups is 1. The third-order valence-corrected chi connectivity index (χ3v) is 2.66. The molecule has 96 valence electrons. The van der Waals surface area contributed by atoms with Crippen LogP contribution in [-0.4, -0.2) is 32.0 Å². The Hall–Kier alpha value is -2.11. The number of amides is 1. The fraction of sp³-hybridized carbons (Fsp3) is 0.417. The topological polar surface area (TPSA) is 64.7 Å². The molecule has 0 spiro atoms. The molecule has 0 unspecified atom stereocenters. The summed E-state index contributed by atoms with van der Waals surface area (Å²) in [5.41, 5.74) is 2.52. The van der Waals surface area contributed by atoms with Gasteiger partial charge in [0.1, 0.15) is 5.69 Å². The fourth-order valence-corrected chi connectivity index (χ4v) is 1.80. The summed E-state index contributed by atoms with van der Waals surface area (Å²) in [6.45, 7) is 5.16. The summed E-state index contributed by atoms with van der Waals surface area (Å²) in [4.78, 5) is 11.7. The maximum absolute atomic E-state index is 11.7. The molecule has 0 fully saturated rings. The Morgan fingerprint density at radius 3 is 2.72 bits per heavy atom. The molecule has 2 aromatic rings. The Kier molecular flexibility index (Phi) is 3.45. The number of aromatic nitrogens is 4. The summed E-state index contributed by atoms with van der Waals surface area (Å²) in [6, 6.07) is 3.71. The zero-order valence-corrected chi connectivity index (χ0v) is 10.8. The van der Waals surface area contributed by atoms with Crippen molar-refractivity contribution in [1.29, 1.82) is 0 Å². The van der Waals surface area contributed by atoms with E-state index in [0.29, 0.717) is 18.8 Å². The van der Waals surface area contributed by atoms with Gasteiger partial charge in [-0.05, 0) is 26.0 Å². The molecule has 0 radical (unpaired) electrons. The number of aryl methyl sites for hydroxylation is 3. The third-order valence-electron chi connectivity index (χ3n) is 2.66. The van der Waals surface area contributed by atoms with Gasteiger partial charge in [-0.25, -0.2) is 0 Å². The number of hydrogen-bond acceptors (Lipinski definition) is 3. The molecule has 2 rings (SSSR count). The number of hydrogen-bond donors (Lipinski definition) is 1. The van der Waals surface area contributed by atoms with Gasteiger partial charge in [0.25, 0.3) is 5.91 Å². The van der Waals surface area contributed by atoms with Gasteiger partial charge in [0.2, 0.25) is 0 Å². The van der Waals surface area contributed by atoms with Crippen LogP contribution in [0.2, 0.25) is 0 Å². The highest BCUT2D eigenvalue weighted by Crippen LogP contribution is 2.00. The fourth-order valence-electron chi connectivity index (χ4n) is 1.80. The second kappa shape index (κ2) is 5.03. The minimum absolute atomic E-state index is 0.155. The van der Waals surface area contributed by atoms with Crippen LogP contribution in [0.5, 0.6) is 0 Å². The van der Waals surface area contributed by atoms with Crippen LogP contribution >= 0.6 is 0 Å². The number of rotatable bonds is 4. The maximum atomic E-state index is 11.7. The van der Waals surface area contributed by atoms with Crippen LogP contribution in [0.4, 0.5) is 0 Å². The van der Waals surface area contributed by atoms with Gasteiger partial charge in [0.05, 0.1) is 12.2 Å². The summed E-state index contributed by atoms with van der Waals surface area (Å²) in [5, 5.41) is 11.2. The molecule has 1 amide bonds. The molecule has 6 nitrogen and oxygen atoms in total. The van der Waals surface area contributed by atoms with Crippen molar-refractivity contribution in [3.63, 3.8) is 0 Å². The van der Waals surface area contributed by atoms with Crippen molar-refractivity contribution in [2.75, 3.05) is 6.54 Å². The van der Waals surface area contributed by atoms with Crippen molar-refractivity contribution in [3.05, 3.63) is 35.4 Å². The second-order valence-corrected chi connectivity index (χ2v) is 4.28. The van der Waals surface area contributed by atoms with E-state index in [1.807, 2.05) is 24.6 Å². The third kappa shape index (κ3) is 2.77. The van der Waals surface area contributed by atoms with Crippen LogP contribution in [-0.2, 0) is 13.6 Å². The number of nitrogens with one attached hydrogen (secondary N) is 1. The van der Waals surface area contributed by atoms with Crippen molar-refractivity contribution in [1.82, 2.24) is 24.9 Å². The predicted octanol–water partition coefficient (Wildman–Crippen LogP) is 0.663. The Morgan fingerprint density at radius 1 is 1.39 bits per heavy atom. The van der Waals surface area contributed by atoms with Gasteiger partial charge in [-0.2, -0.15) is 10.2 Å². The first kappa shape index (κ1) is 12.3. The molecule has 0 atom stereocenters. The first-order chi connectivity index (χ1) is 8.56. The van der Waals surface area contributed by atoms with Crippen molar-refractivity contribution < 1.29 is 4.79 Å². The highest BCUT2D eigenvalue weighted by atomic mass is 16.1. The molecule has 0 saturated heterocycles. The van der Waals surface area contributed by atoms with E-state index >= 15 is 0 Å². The molecule has 0 aliphatic rings. The van der Waals surface area contributed by atoms with E-state index in [2.05, 4.69) is 15.5 Å². The lowest BCUT2D eigenvalue weighted by atomic mass is 10.4. The maximum Gasteiger partial charge on any atom is 0.271 e. The van der Waals surface area contributed by atoms with Crippen LogP contribution in [0.1, 0.15) is 21.9 Å². The Bertz CT molecular complexity index is 555. The van der Waals surface area contributed by atoms with Crippen LogP contribution in [0, 0.1) is 13.8 Å². The first-order valence-corrected chi connectivity index (χ1v) is 5.85. The van der Waals surface area contributed by atoms with E-state index in [9.17, 15) is 4.79 Å². The van der Waals surface area contributed by atoms with E-state index < -0.39 is 0 Å². The molecule has 6 heteroatoms. The summed E-state index contributed by atoms with van der Waals surface area (Å²) in [5.74, 6) is -0.155. The molecule has 0 saturated carbocycles. The van der Waals surface area contributed by atoms with E-state index in [1.54, 1.807) is 24.0 Å². The molecule has 2 aromatic heterocycles. The van der Waals surface area contributed by atoms with Crippen molar-refractivity contribution in [2.45, 2.75) is 20.4 Å². The highest BCUT2D eigenvalue weighted by Gasteiger charge is 2.08. The average Bonchev–Trinajstić information content (AvgIpc) is 2.86. The lowest BCUT2D eigenvalue weighted by Crippen LogP contribution is -2.28. The molecule has 0 aromatic carbocycles. The summed E-state index contributed by atoms with van der Waals surface area (Å²) in [7, 11) is 1.78. The normalized spacial score (nSPS) is 10.6. The quantitative estimate of drug-likeness (QED) is 0.863. The highest BCUT2D eigenvalue weighted by molar-refractivity contribution is 5.92. The zero-order chi connectivity index (χ0) is 13.1. The van der Waals surface area contributed by atoms with Gasteiger partial charge in [-0.3, -0.25) is 14.2 Å². The molecule has 0 aliphatic heterocycles. The standard InChI is InChI=1S/C12H17N5O/c1-9-8-10(2)17(14-9)7-5-13-12(18)11-4-6-16(3)15-11/h4,6,8H,5,7H2,1-3H3,(H,13,18). The Labute approximate surface area is 106 Å². The molecular formula is C12H17N5O. The number of carbonyl (C=O) groups excluding carboxylic acids is 1. The minimum Gasteiger partial charge on any atom is -0.349 e. The Balaban J connectivity index is 1.85. The van der Waals surface area contributed by atoms with Gasteiger partial charge >= 0.3 is 0 Å². The van der Waals surface area contributed by atoms with E-state index in [0.717, 1.165) is 11.4 Å². The smallest absolute Gasteiger partial charge is 0.271 e. The molecular weight excluding hydrogens is 230 g/mol. The second-order valence-electron chi connectivity index (χ2n) is 4.28. The predicted molar refractivity (Wildman–Crippen MR) is 67.2 cm³/mol. The van der Waals surface area contributed by atoms with Crippen LogP contribution in [0.3, 0.4) is 0 Å². The largest absolute Gasteiger partial charge is 0.349 e. The monoisotopic (exact) mass is 247 g/mol. The number of nitrogens with zero attached hydrogens (tertiary/aromatic N) is 4. The van der Waals surface area contributed by atoms with Gasteiger partial charge in [-0.1, -0.05) is 0 Å². The van der Waals surface area contributed by atoms with Crippen molar-refractivity contribution in [2.24, 2.45) is 7.05 Å². The lowest BCUT2D eigenvalue weighted by Gasteiger charge is -2.05. The van der Waals surface area contributed by atoms with E-state index in [4.69, 9.17) is 0 Å². The van der Waals surface area contributed by atoms with Crippen LogP contribution in [0.15, 0.2) is 18.3 Å². The van der Waals surface area contributed by atoms with Crippen molar-refractivity contribution >= 4 is 5.91 Å². The lowest BCUT2D eigenvalue weighted by molar-refractivity contribution is 0.0946. The molecule has 18 heavy (non-hydrogen) atoms. The molecule has 1 N–H and O–H groups in total. The summed E-state index contributed by atoms with van der Waals surface area (Å²) < 4.78 is 3.49. The molecule has 2 heterocycles. The van der Waals surface area contributed by atoms with Gasteiger partial charge < -0.3 is 5.32 Å². The van der Waals surface area contributed by atoms with Gasteiger partial charge in [0.15, 0.2) is 0 Å². The van der Waals surface area contributed by atoms with E-state index in [-0.39, 0.29) is 5.91 Å². The molecule has 0 aliphatic carbocycles. The zero-order valence-electron chi connectivity index (χ0n) is 10.8. The SMILES string of the molecule is Cc1cc(C)n(CCNC(=O)c2ccn(C)n2)n1. The average molecular weight is 247 g/mol. The minimum atomic E-state index is -0.155. The van der Waals surface area contributed by atoms with Crippen LogP contribution < -0.4 is 5.32 Å². The summed E-state index contributed by atoms with van der Waals surface area (Å²) in [6.07, 6.45) is 1.75. The summed E-state index contributed by atoms with van der Waals surface area (Å²) >= 11 is 0. The van der Waals surface area contributed by atoms with E-state index in [1.165, 1.54) is 0 Å². The van der Waals surface area contributed by atoms with Gasteiger partial charge in [0, 0.05) is 25.5 Å². The van der Waals surface area contributed by atoms with Crippen molar-refractivity contribution in [3.8, 4) is 0 Å². The molecule has 0 bridgehead atoms. The Morgan fingerprint density at radius 2 is 2.17 bits per heavy atom. The van der Waals surface area contributed by atoms with Crippen LogP contribution in [0.25, 0.3) is 0 Å². The van der Waals surface area contributed by atoms with Gasteiger partial charge in [-0.15, -0.1) is 0 Å². The first-order valence-electron chi connectivity index (χ1n) is 5.85.